The SMILES string of the molecule is CCCS(=O)(=O)N1CC(=O)N(c2ccc(OC)cc2)[C@@](C)(C(=O)NC2CCCCCC2)C1. The lowest BCUT2D eigenvalue weighted by Gasteiger charge is -2.47. The summed E-state index contributed by atoms with van der Waals surface area (Å²) in [5.74, 6) is -0.150. The van der Waals surface area contributed by atoms with Gasteiger partial charge in [0.2, 0.25) is 21.8 Å². The van der Waals surface area contributed by atoms with Gasteiger partial charge in [0.25, 0.3) is 0 Å². The molecule has 0 spiro atoms. The summed E-state index contributed by atoms with van der Waals surface area (Å²) in [7, 11) is -2.08. The number of benzene rings is 1. The second-order valence-electron chi connectivity index (χ2n) is 8.95. The molecule has 1 aromatic rings. The third-order valence-electron chi connectivity index (χ3n) is 6.40. The number of nitrogens with one attached hydrogen (secondary N) is 1. The third-order valence-corrected chi connectivity index (χ3v) is 8.37. The summed E-state index contributed by atoms with van der Waals surface area (Å²) in [5, 5.41) is 3.14. The predicted molar refractivity (Wildman–Crippen MR) is 124 cm³/mol. The van der Waals surface area contributed by atoms with Gasteiger partial charge in [0, 0.05) is 18.3 Å². The molecule has 1 aromatic carbocycles. The second kappa shape index (κ2) is 10.2. The molecule has 9 heteroatoms. The minimum atomic E-state index is -3.64. The number of sulfonamides is 1. The number of hydrogen-bond acceptors (Lipinski definition) is 5. The lowest BCUT2D eigenvalue weighted by Crippen LogP contribution is -2.71. The highest BCUT2D eigenvalue weighted by atomic mass is 32.2. The number of anilines is 1. The fraction of sp³-hybridized carbons (Fsp3) is 0.652. The molecule has 178 valence electrons. The normalized spacial score (nSPS) is 23.6. The number of methoxy groups -OCH3 is 1. The van der Waals surface area contributed by atoms with Crippen LogP contribution in [0.25, 0.3) is 0 Å². The zero-order valence-corrected chi connectivity index (χ0v) is 20.1. The first-order valence-electron chi connectivity index (χ1n) is 11.5. The van der Waals surface area contributed by atoms with Gasteiger partial charge >= 0.3 is 0 Å². The highest BCUT2D eigenvalue weighted by molar-refractivity contribution is 7.89. The Morgan fingerprint density at radius 2 is 1.78 bits per heavy atom. The first-order valence-corrected chi connectivity index (χ1v) is 13.1. The van der Waals surface area contributed by atoms with E-state index in [1.165, 1.54) is 9.21 Å². The highest BCUT2D eigenvalue weighted by Crippen LogP contribution is 2.32. The van der Waals surface area contributed by atoms with Crippen molar-refractivity contribution in [2.75, 3.05) is 30.9 Å². The average Bonchev–Trinajstić information content (AvgIpc) is 3.02. The van der Waals surface area contributed by atoms with E-state index < -0.39 is 21.5 Å². The number of hydrogen-bond donors (Lipinski definition) is 1. The summed E-state index contributed by atoms with van der Waals surface area (Å²) >= 11 is 0. The molecule has 1 atom stereocenters. The molecule has 1 aliphatic heterocycles. The zero-order chi connectivity index (χ0) is 23.4. The van der Waals surface area contributed by atoms with Crippen LogP contribution in [0.2, 0.25) is 0 Å². The van der Waals surface area contributed by atoms with Crippen LogP contribution in [0.15, 0.2) is 24.3 Å². The molecular formula is C23H35N3O5S. The molecule has 2 fully saturated rings. The van der Waals surface area contributed by atoms with E-state index in [0.717, 1.165) is 38.5 Å². The van der Waals surface area contributed by atoms with Crippen molar-refractivity contribution in [3.8, 4) is 5.75 Å². The number of piperazine rings is 1. The number of amides is 2. The van der Waals surface area contributed by atoms with Crippen LogP contribution in [0.5, 0.6) is 5.75 Å². The van der Waals surface area contributed by atoms with Crippen LogP contribution in [-0.2, 0) is 19.6 Å². The van der Waals surface area contributed by atoms with E-state index >= 15 is 0 Å². The van der Waals surface area contributed by atoms with Crippen molar-refractivity contribution in [2.45, 2.75) is 70.4 Å². The average molecular weight is 466 g/mol. The Balaban J connectivity index is 1.95. The molecule has 1 saturated carbocycles. The molecular weight excluding hydrogens is 430 g/mol. The van der Waals surface area contributed by atoms with E-state index in [0.29, 0.717) is 17.9 Å². The monoisotopic (exact) mass is 465 g/mol. The van der Waals surface area contributed by atoms with Gasteiger partial charge in [-0.25, -0.2) is 8.42 Å². The minimum Gasteiger partial charge on any atom is -0.497 e. The Kier molecular flexibility index (Phi) is 7.82. The van der Waals surface area contributed by atoms with Crippen molar-refractivity contribution in [3.63, 3.8) is 0 Å². The standard InChI is InChI=1S/C23H35N3O5S/c1-4-15-32(29,30)25-16-21(27)26(19-11-13-20(31-3)14-12-19)23(2,17-25)22(28)24-18-9-7-5-6-8-10-18/h11-14,18H,4-10,15-17H2,1-3H3,(H,24,28)/t23-/m1/s1. The molecule has 32 heavy (non-hydrogen) atoms. The molecule has 0 bridgehead atoms. The molecule has 0 unspecified atom stereocenters. The van der Waals surface area contributed by atoms with Crippen molar-refractivity contribution in [2.24, 2.45) is 0 Å². The lowest BCUT2D eigenvalue weighted by atomic mass is 9.93. The predicted octanol–water partition coefficient (Wildman–Crippen LogP) is 2.68. The van der Waals surface area contributed by atoms with Gasteiger partial charge in [-0.2, -0.15) is 4.31 Å². The summed E-state index contributed by atoms with van der Waals surface area (Å²) in [6.07, 6.45) is 6.67. The van der Waals surface area contributed by atoms with E-state index in [1.807, 2.05) is 0 Å². The van der Waals surface area contributed by atoms with Crippen LogP contribution < -0.4 is 15.0 Å². The Morgan fingerprint density at radius 3 is 2.34 bits per heavy atom. The number of nitrogens with zero attached hydrogens (tertiary/aromatic N) is 2. The molecule has 3 rings (SSSR count). The van der Waals surface area contributed by atoms with E-state index in [-0.39, 0.29) is 30.8 Å². The van der Waals surface area contributed by atoms with E-state index in [9.17, 15) is 18.0 Å². The van der Waals surface area contributed by atoms with Gasteiger partial charge in [0.05, 0.1) is 19.4 Å². The van der Waals surface area contributed by atoms with Gasteiger partial charge in [-0.05, 0) is 50.5 Å². The number of rotatable bonds is 7. The van der Waals surface area contributed by atoms with Crippen molar-refractivity contribution in [3.05, 3.63) is 24.3 Å². The topological polar surface area (TPSA) is 96.0 Å². The molecule has 1 heterocycles. The van der Waals surface area contributed by atoms with Gasteiger partial charge in [-0.15, -0.1) is 0 Å². The third kappa shape index (κ3) is 5.26. The summed E-state index contributed by atoms with van der Waals surface area (Å²) in [4.78, 5) is 28.4. The largest absolute Gasteiger partial charge is 0.497 e. The van der Waals surface area contributed by atoms with Gasteiger partial charge in [-0.1, -0.05) is 32.6 Å². The minimum absolute atomic E-state index is 0.0391. The smallest absolute Gasteiger partial charge is 0.247 e. The van der Waals surface area contributed by atoms with Crippen LogP contribution in [0, 0.1) is 0 Å². The van der Waals surface area contributed by atoms with Gasteiger partial charge in [-0.3, -0.25) is 14.5 Å². The van der Waals surface area contributed by atoms with Crippen molar-refractivity contribution in [1.29, 1.82) is 0 Å². The Bertz CT molecular complexity index is 910. The quantitative estimate of drug-likeness (QED) is 0.625. The zero-order valence-electron chi connectivity index (χ0n) is 19.3. The Morgan fingerprint density at radius 1 is 1.16 bits per heavy atom. The van der Waals surface area contributed by atoms with Crippen molar-refractivity contribution >= 4 is 27.5 Å². The molecule has 2 aliphatic rings. The summed E-state index contributed by atoms with van der Waals surface area (Å²) in [5.41, 5.74) is -0.821. The number of ether oxygens (including phenoxy) is 1. The van der Waals surface area contributed by atoms with E-state index in [1.54, 1.807) is 45.2 Å². The summed E-state index contributed by atoms with van der Waals surface area (Å²) in [6, 6.07) is 6.95. The lowest BCUT2D eigenvalue weighted by molar-refractivity contribution is -0.133. The van der Waals surface area contributed by atoms with Crippen LogP contribution in [0.4, 0.5) is 5.69 Å². The van der Waals surface area contributed by atoms with Gasteiger partial charge in [0.15, 0.2) is 0 Å². The van der Waals surface area contributed by atoms with E-state index in [4.69, 9.17) is 4.74 Å². The Hall–Kier alpha value is -2.13. The molecule has 1 saturated heterocycles. The fourth-order valence-corrected chi connectivity index (χ4v) is 6.18. The summed E-state index contributed by atoms with van der Waals surface area (Å²) in [6.45, 7) is 3.09. The van der Waals surface area contributed by atoms with Crippen molar-refractivity contribution in [1.82, 2.24) is 9.62 Å². The van der Waals surface area contributed by atoms with Crippen LogP contribution in [-0.4, -0.2) is 62.1 Å². The maximum atomic E-state index is 13.6. The van der Waals surface area contributed by atoms with Gasteiger partial charge in [0.1, 0.15) is 11.3 Å². The summed E-state index contributed by atoms with van der Waals surface area (Å²) < 4.78 is 32.0. The van der Waals surface area contributed by atoms with Crippen molar-refractivity contribution < 1.29 is 22.7 Å². The number of carbonyl (C=O) groups excluding carboxylic acids is 2. The maximum Gasteiger partial charge on any atom is 0.247 e. The molecule has 1 aliphatic carbocycles. The first kappa shape index (κ1) is 24.5. The van der Waals surface area contributed by atoms with Crippen LogP contribution >= 0.6 is 0 Å². The second-order valence-corrected chi connectivity index (χ2v) is 11.0. The van der Waals surface area contributed by atoms with Crippen LogP contribution in [0.3, 0.4) is 0 Å². The maximum absolute atomic E-state index is 13.6. The highest BCUT2D eigenvalue weighted by Gasteiger charge is 2.51. The van der Waals surface area contributed by atoms with Gasteiger partial charge < -0.3 is 10.1 Å². The number of carbonyl (C=O) groups is 2. The first-order chi connectivity index (χ1) is 15.2. The molecule has 8 nitrogen and oxygen atoms in total. The molecule has 2 amide bonds. The van der Waals surface area contributed by atoms with E-state index in [2.05, 4.69) is 5.32 Å². The fourth-order valence-electron chi connectivity index (χ4n) is 4.65. The van der Waals surface area contributed by atoms with Crippen LogP contribution in [0.1, 0.15) is 58.8 Å². The molecule has 1 N–H and O–H groups in total. The molecule has 0 radical (unpaired) electrons. The Labute approximate surface area is 191 Å². The molecule has 0 aromatic heterocycles.